The second-order valence-corrected chi connectivity index (χ2v) is 6.19. The third-order valence-electron chi connectivity index (χ3n) is 4.98. The van der Waals surface area contributed by atoms with Gasteiger partial charge in [0.05, 0.1) is 6.04 Å². The van der Waals surface area contributed by atoms with Gasteiger partial charge in [0.1, 0.15) is 0 Å². The van der Waals surface area contributed by atoms with Gasteiger partial charge in [-0.1, -0.05) is 34.1 Å². The molecule has 16 heavy (non-hydrogen) atoms. The lowest BCUT2D eigenvalue weighted by atomic mass is 9.98. The van der Waals surface area contributed by atoms with Gasteiger partial charge in [-0.3, -0.25) is 4.79 Å². The van der Waals surface area contributed by atoms with Crippen LogP contribution in [0.3, 0.4) is 0 Å². The number of likely N-dealkylation sites (tertiary alicyclic amines) is 1. The van der Waals surface area contributed by atoms with Gasteiger partial charge in [-0.05, 0) is 23.2 Å². The molecule has 2 aliphatic rings. The standard InChI is InChI=1S/C13H24N2O/c1-5-8(2)11(14)12(16)15-6-9-10(7-15)13(9,3)4/h8-11H,5-7,14H2,1-4H3. The molecule has 0 aromatic carbocycles. The lowest BCUT2D eigenvalue weighted by Gasteiger charge is -2.27. The van der Waals surface area contributed by atoms with Crippen LogP contribution in [-0.4, -0.2) is 29.9 Å². The van der Waals surface area contributed by atoms with Crippen LogP contribution in [0.4, 0.5) is 0 Å². The molecule has 3 heteroatoms. The zero-order valence-electron chi connectivity index (χ0n) is 10.9. The van der Waals surface area contributed by atoms with Gasteiger partial charge in [-0.2, -0.15) is 0 Å². The maximum atomic E-state index is 12.1. The molecule has 2 rings (SSSR count). The number of fused-ring (bicyclic) bond motifs is 1. The van der Waals surface area contributed by atoms with E-state index in [1.807, 2.05) is 4.90 Å². The van der Waals surface area contributed by atoms with E-state index >= 15 is 0 Å². The number of amides is 1. The molecule has 0 spiro atoms. The molecule has 0 bridgehead atoms. The first-order valence-electron chi connectivity index (χ1n) is 6.44. The molecule has 1 aliphatic heterocycles. The molecular weight excluding hydrogens is 200 g/mol. The summed E-state index contributed by atoms with van der Waals surface area (Å²) in [6.07, 6.45) is 0.971. The van der Waals surface area contributed by atoms with Crippen LogP contribution in [0.1, 0.15) is 34.1 Å². The average molecular weight is 224 g/mol. The third kappa shape index (κ3) is 1.65. The number of rotatable bonds is 3. The smallest absolute Gasteiger partial charge is 0.239 e. The van der Waals surface area contributed by atoms with Crippen molar-refractivity contribution in [2.24, 2.45) is 28.9 Å². The van der Waals surface area contributed by atoms with E-state index in [9.17, 15) is 4.79 Å². The van der Waals surface area contributed by atoms with Crippen LogP contribution >= 0.6 is 0 Å². The summed E-state index contributed by atoms with van der Waals surface area (Å²) in [7, 11) is 0. The maximum Gasteiger partial charge on any atom is 0.239 e. The highest BCUT2D eigenvalue weighted by Crippen LogP contribution is 2.61. The van der Waals surface area contributed by atoms with E-state index in [1.54, 1.807) is 0 Å². The SMILES string of the molecule is CCC(C)C(N)C(=O)N1CC2C(C1)C2(C)C. The van der Waals surface area contributed by atoms with Crippen molar-refractivity contribution in [1.29, 1.82) is 0 Å². The summed E-state index contributed by atoms with van der Waals surface area (Å²) in [4.78, 5) is 14.1. The van der Waals surface area contributed by atoms with Gasteiger partial charge in [-0.15, -0.1) is 0 Å². The lowest BCUT2D eigenvalue weighted by Crippen LogP contribution is -2.47. The van der Waals surface area contributed by atoms with E-state index in [4.69, 9.17) is 5.73 Å². The summed E-state index contributed by atoms with van der Waals surface area (Å²) < 4.78 is 0. The van der Waals surface area contributed by atoms with Crippen LogP contribution in [0, 0.1) is 23.2 Å². The van der Waals surface area contributed by atoms with Gasteiger partial charge < -0.3 is 10.6 Å². The van der Waals surface area contributed by atoms with Gasteiger partial charge >= 0.3 is 0 Å². The molecule has 2 N–H and O–H groups in total. The molecule has 4 unspecified atom stereocenters. The number of carbonyl (C=O) groups is 1. The number of hydrogen-bond donors (Lipinski definition) is 1. The second-order valence-electron chi connectivity index (χ2n) is 6.19. The molecule has 0 aromatic rings. The van der Waals surface area contributed by atoms with Crippen molar-refractivity contribution in [2.75, 3.05) is 13.1 Å². The number of carbonyl (C=O) groups excluding carboxylic acids is 1. The lowest BCUT2D eigenvalue weighted by molar-refractivity contribution is -0.133. The highest BCUT2D eigenvalue weighted by molar-refractivity contribution is 5.82. The van der Waals surface area contributed by atoms with Crippen LogP contribution in [0.5, 0.6) is 0 Å². The van der Waals surface area contributed by atoms with Crippen molar-refractivity contribution >= 4 is 5.91 Å². The molecule has 0 radical (unpaired) electrons. The van der Waals surface area contributed by atoms with E-state index in [0.29, 0.717) is 5.41 Å². The van der Waals surface area contributed by atoms with Crippen LogP contribution in [0.25, 0.3) is 0 Å². The Morgan fingerprint density at radius 3 is 2.38 bits per heavy atom. The number of nitrogens with two attached hydrogens (primary N) is 1. The van der Waals surface area contributed by atoms with Crippen molar-refractivity contribution in [3.63, 3.8) is 0 Å². The minimum absolute atomic E-state index is 0.164. The number of piperidine rings is 1. The quantitative estimate of drug-likeness (QED) is 0.789. The largest absolute Gasteiger partial charge is 0.341 e. The summed E-state index contributed by atoms with van der Waals surface area (Å²) in [6.45, 7) is 10.6. The van der Waals surface area contributed by atoms with Gasteiger partial charge in [0, 0.05) is 13.1 Å². The summed E-state index contributed by atoms with van der Waals surface area (Å²) >= 11 is 0. The number of nitrogens with zero attached hydrogens (tertiary/aromatic N) is 1. The topological polar surface area (TPSA) is 46.3 Å². The van der Waals surface area contributed by atoms with Crippen LogP contribution in [-0.2, 0) is 4.79 Å². The van der Waals surface area contributed by atoms with Crippen molar-refractivity contribution in [1.82, 2.24) is 4.90 Å². The Bertz CT molecular complexity index is 286. The zero-order valence-corrected chi connectivity index (χ0v) is 10.9. The zero-order chi connectivity index (χ0) is 12.1. The normalized spacial score (nSPS) is 34.4. The van der Waals surface area contributed by atoms with Gasteiger partial charge in [0.15, 0.2) is 0 Å². The Kier molecular flexibility index (Phi) is 2.77. The molecule has 2 fully saturated rings. The molecular formula is C13H24N2O. The second kappa shape index (κ2) is 3.73. The van der Waals surface area contributed by atoms with Crippen molar-refractivity contribution in [2.45, 2.75) is 40.2 Å². The summed E-state index contributed by atoms with van der Waals surface area (Å²) in [5.74, 6) is 1.90. The Morgan fingerprint density at radius 2 is 1.94 bits per heavy atom. The van der Waals surface area contributed by atoms with Crippen molar-refractivity contribution < 1.29 is 4.79 Å². The van der Waals surface area contributed by atoms with E-state index in [2.05, 4.69) is 27.7 Å². The Hall–Kier alpha value is -0.570. The fourth-order valence-corrected chi connectivity index (χ4v) is 3.02. The number of hydrogen-bond acceptors (Lipinski definition) is 2. The van der Waals surface area contributed by atoms with Crippen molar-refractivity contribution in [3.8, 4) is 0 Å². The van der Waals surface area contributed by atoms with Gasteiger partial charge in [0.2, 0.25) is 5.91 Å². The highest BCUT2D eigenvalue weighted by atomic mass is 16.2. The predicted molar refractivity (Wildman–Crippen MR) is 64.8 cm³/mol. The molecule has 0 aromatic heterocycles. The van der Waals surface area contributed by atoms with Crippen LogP contribution in [0.15, 0.2) is 0 Å². The first-order chi connectivity index (χ1) is 7.39. The third-order valence-corrected chi connectivity index (χ3v) is 4.98. The van der Waals surface area contributed by atoms with E-state index in [-0.39, 0.29) is 17.9 Å². The fourth-order valence-electron chi connectivity index (χ4n) is 3.02. The Morgan fingerprint density at radius 1 is 1.44 bits per heavy atom. The highest BCUT2D eigenvalue weighted by Gasteiger charge is 2.62. The predicted octanol–water partition coefficient (Wildman–Crippen LogP) is 1.47. The molecule has 1 aliphatic carbocycles. The van der Waals surface area contributed by atoms with Crippen LogP contribution in [0.2, 0.25) is 0 Å². The Labute approximate surface area is 98.4 Å². The molecule has 1 saturated heterocycles. The maximum absolute atomic E-state index is 12.1. The molecule has 3 nitrogen and oxygen atoms in total. The first kappa shape index (κ1) is 11.9. The van der Waals surface area contributed by atoms with E-state index < -0.39 is 0 Å². The summed E-state index contributed by atoms with van der Waals surface area (Å²) in [5.41, 5.74) is 6.46. The molecule has 1 heterocycles. The first-order valence-corrected chi connectivity index (χ1v) is 6.44. The molecule has 4 atom stereocenters. The van der Waals surface area contributed by atoms with Gasteiger partial charge in [0.25, 0.3) is 0 Å². The van der Waals surface area contributed by atoms with Gasteiger partial charge in [-0.25, -0.2) is 0 Å². The fraction of sp³-hybridized carbons (Fsp3) is 0.923. The molecule has 92 valence electrons. The van der Waals surface area contributed by atoms with Crippen molar-refractivity contribution in [3.05, 3.63) is 0 Å². The monoisotopic (exact) mass is 224 g/mol. The van der Waals surface area contributed by atoms with Crippen LogP contribution < -0.4 is 5.73 Å². The average Bonchev–Trinajstić information content (AvgIpc) is 2.70. The van der Waals surface area contributed by atoms with E-state index in [0.717, 1.165) is 31.3 Å². The Balaban J connectivity index is 1.90. The minimum Gasteiger partial charge on any atom is -0.341 e. The molecule has 1 amide bonds. The summed E-state index contributed by atoms with van der Waals surface area (Å²) in [5, 5.41) is 0. The van der Waals surface area contributed by atoms with E-state index in [1.165, 1.54) is 0 Å². The summed E-state index contributed by atoms with van der Waals surface area (Å²) in [6, 6.07) is -0.300. The molecule has 1 saturated carbocycles. The minimum atomic E-state index is -0.300.